The quantitative estimate of drug-likeness (QED) is 0.645. The number of pyridine rings is 1. The van der Waals surface area contributed by atoms with Crippen LogP contribution >= 0.6 is 0 Å². The number of rotatable bonds is 5. The molecule has 1 saturated heterocycles. The first kappa shape index (κ1) is 16.7. The fraction of sp³-hybridized carbons (Fsp3) is 0.400. The molecule has 24 heavy (non-hydrogen) atoms. The molecule has 0 saturated carbocycles. The number of hydrogen-bond donors (Lipinski definition) is 1. The number of fused-ring (bicyclic) bond motifs is 1. The zero-order valence-electron chi connectivity index (χ0n) is 13.2. The minimum atomic E-state index is -3.74. The number of sulfonamides is 1. The number of hydrogen-bond acceptors (Lipinski definition) is 6. The van der Waals surface area contributed by atoms with Gasteiger partial charge >= 0.3 is 0 Å². The minimum Gasteiger partial charge on any atom is -0.319 e. The lowest BCUT2D eigenvalue weighted by Crippen LogP contribution is -2.30. The summed E-state index contributed by atoms with van der Waals surface area (Å²) in [5, 5.41) is 14.5. The van der Waals surface area contributed by atoms with Crippen LogP contribution in [0.1, 0.15) is 6.42 Å². The summed E-state index contributed by atoms with van der Waals surface area (Å²) in [5.74, 6) is 0.266. The van der Waals surface area contributed by atoms with E-state index in [1.807, 2.05) is 7.05 Å². The molecule has 1 unspecified atom stereocenters. The van der Waals surface area contributed by atoms with E-state index in [1.165, 1.54) is 28.7 Å². The predicted molar refractivity (Wildman–Crippen MR) is 89.2 cm³/mol. The first-order valence-corrected chi connectivity index (χ1v) is 9.06. The van der Waals surface area contributed by atoms with Crippen molar-refractivity contribution >= 4 is 26.6 Å². The van der Waals surface area contributed by atoms with Crippen molar-refractivity contribution in [3.05, 3.63) is 40.6 Å². The maximum Gasteiger partial charge on any atom is 0.278 e. The van der Waals surface area contributed by atoms with Crippen LogP contribution in [-0.4, -0.2) is 49.3 Å². The third-order valence-corrected chi connectivity index (χ3v) is 6.16. The van der Waals surface area contributed by atoms with Gasteiger partial charge in [0.1, 0.15) is 4.90 Å². The molecule has 9 heteroatoms. The van der Waals surface area contributed by atoms with Gasteiger partial charge < -0.3 is 5.32 Å². The van der Waals surface area contributed by atoms with Gasteiger partial charge in [-0.15, -0.1) is 0 Å². The number of nitro groups is 1. The van der Waals surface area contributed by atoms with E-state index in [9.17, 15) is 18.5 Å². The monoisotopic (exact) mass is 350 g/mol. The number of aromatic nitrogens is 1. The fourth-order valence-electron chi connectivity index (χ4n) is 3.11. The predicted octanol–water partition coefficient (Wildman–Crippen LogP) is 1.37. The molecular weight excluding hydrogens is 332 g/mol. The van der Waals surface area contributed by atoms with E-state index in [2.05, 4.69) is 10.3 Å². The maximum absolute atomic E-state index is 13.0. The Hall–Kier alpha value is -2.10. The molecule has 0 aliphatic carbocycles. The first-order valence-electron chi connectivity index (χ1n) is 7.62. The smallest absolute Gasteiger partial charge is 0.278 e. The normalized spacial score (nSPS) is 19.0. The van der Waals surface area contributed by atoms with Crippen LogP contribution in [0, 0.1) is 16.0 Å². The van der Waals surface area contributed by atoms with Crippen LogP contribution in [0.5, 0.6) is 0 Å². The highest BCUT2D eigenvalue weighted by atomic mass is 32.2. The molecule has 1 aromatic heterocycles. The first-order chi connectivity index (χ1) is 11.4. The standard InChI is InChI=1S/C15H18N4O4S/c1-16-9-11-6-8-18(10-11)24(22,23)14-5-4-13(19(20)21)12-3-2-7-17-15(12)14/h2-5,7,11,16H,6,8-10H2,1H3. The summed E-state index contributed by atoms with van der Waals surface area (Å²) in [7, 11) is -1.90. The van der Waals surface area contributed by atoms with Gasteiger partial charge in [-0.2, -0.15) is 4.31 Å². The minimum absolute atomic E-state index is 0.0220. The van der Waals surface area contributed by atoms with Gasteiger partial charge in [0.05, 0.1) is 15.8 Å². The maximum atomic E-state index is 13.0. The van der Waals surface area contributed by atoms with E-state index in [0.29, 0.717) is 13.1 Å². The number of nitrogens with zero attached hydrogens (tertiary/aromatic N) is 3. The van der Waals surface area contributed by atoms with Gasteiger partial charge in [-0.3, -0.25) is 15.1 Å². The Balaban J connectivity index is 2.06. The van der Waals surface area contributed by atoms with E-state index in [0.717, 1.165) is 13.0 Å². The van der Waals surface area contributed by atoms with Crippen LogP contribution < -0.4 is 5.32 Å². The van der Waals surface area contributed by atoms with Crippen LogP contribution in [0.25, 0.3) is 10.9 Å². The second kappa shape index (κ2) is 6.42. The zero-order valence-corrected chi connectivity index (χ0v) is 14.0. The number of non-ortho nitro benzene ring substituents is 1. The second-order valence-corrected chi connectivity index (χ2v) is 7.72. The topological polar surface area (TPSA) is 105 Å². The molecule has 0 radical (unpaired) electrons. The van der Waals surface area contributed by atoms with Gasteiger partial charge in [0.2, 0.25) is 10.0 Å². The van der Waals surface area contributed by atoms with Crippen molar-refractivity contribution in [2.24, 2.45) is 5.92 Å². The van der Waals surface area contributed by atoms with Crippen molar-refractivity contribution in [2.75, 3.05) is 26.7 Å². The zero-order chi connectivity index (χ0) is 17.3. The number of benzene rings is 1. The Labute approximate surface area is 139 Å². The molecule has 8 nitrogen and oxygen atoms in total. The molecule has 1 aliphatic heterocycles. The number of nitro benzene ring substituents is 1. The van der Waals surface area contributed by atoms with Gasteiger partial charge in [0, 0.05) is 25.4 Å². The summed E-state index contributed by atoms with van der Waals surface area (Å²) in [6.45, 7) is 1.64. The summed E-state index contributed by atoms with van der Waals surface area (Å²) < 4.78 is 27.4. The Bertz CT molecular complexity index is 884. The van der Waals surface area contributed by atoms with E-state index in [4.69, 9.17) is 0 Å². The van der Waals surface area contributed by atoms with Crippen molar-refractivity contribution in [3.63, 3.8) is 0 Å². The average molecular weight is 350 g/mol. The Morgan fingerprint density at radius 3 is 2.92 bits per heavy atom. The lowest BCUT2D eigenvalue weighted by atomic mass is 10.1. The Morgan fingerprint density at radius 1 is 1.42 bits per heavy atom. The third kappa shape index (κ3) is 2.85. The van der Waals surface area contributed by atoms with Crippen molar-refractivity contribution in [1.82, 2.24) is 14.6 Å². The number of nitrogens with one attached hydrogen (secondary N) is 1. The molecule has 0 spiro atoms. The molecule has 1 aliphatic rings. The van der Waals surface area contributed by atoms with E-state index in [-0.39, 0.29) is 27.4 Å². The van der Waals surface area contributed by atoms with E-state index in [1.54, 1.807) is 6.07 Å². The third-order valence-electron chi connectivity index (χ3n) is 4.27. The molecule has 1 fully saturated rings. The molecule has 0 bridgehead atoms. The van der Waals surface area contributed by atoms with Crippen LogP contribution in [0.3, 0.4) is 0 Å². The fourth-order valence-corrected chi connectivity index (χ4v) is 4.79. The Morgan fingerprint density at radius 2 is 2.21 bits per heavy atom. The summed E-state index contributed by atoms with van der Waals surface area (Å²) in [5.41, 5.74) is -0.00435. The van der Waals surface area contributed by atoms with Crippen LogP contribution in [0.15, 0.2) is 35.4 Å². The summed E-state index contributed by atoms with van der Waals surface area (Å²) in [4.78, 5) is 14.7. The highest BCUT2D eigenvalue weighted by molar-refractivity contribution is 7.89. The lowest BCUT2D eigenvalue weighted by molar-refractivity contribution is -0.383. The molecule has 128 valence electrons. The largest absolute Gasteiger partial charge is 0.319 e. The van der Waals surface area contributed by atoms with Gasteiger partial charge in [0.25, 0.3) is 5.69 Å². The lowest BCUT2D eigenvalue weighted by Gasteiger charge is -2.17. The molecule has 0 amide bonds. The van der Waals surface area contributed by atoms with Crippen molar-refractivity contribution < 1.29 is 13.3 Å². The Kier molecular flexibility index (Phi) is 4.48. The van der Waals surface area contributed by atoms with Gasteiger partial charge in [-0.05, 0) is 44.1 Å². The van der Waals surface area contributed by atoms with Crippen molar-refractivity contribution in [2.45, 2.75) is 11.3 Å². The van der Waals surface area contributed by atoms with Gasteiger partial charge in [0.15, 0.2) is 0 Å². The molecular formula is C15H18N4O4S. The van der Waals surface area contributed by atoms with E-state index >= 15 is 0 Å². The summed E-state index contributed by atoms with van der Waals surface area (Å²) in [6.07, 6.45) is 2.23. The van der Waals surface area contributed by atoms with Crippen molar-refractivity contribution in [1.29, 1.82) is 0 Å². The SMILES string of the molecule is CNCC1CCN(S(=O)(=O)c2ccc([N+](=O)[O-])c3cccnc23)C1. The van der Waals surface area contributed by atoms with Gasteiger partial charge in [-0.25, -0.2) is 8.42 Å². The van der Waals surface area contributed by atoms with E-state index < -0.39 is 14.9 Å². The molecule has 2 heterocycles. The molecule has 1 atom stereocenters. The van der Waals surface area contributed by atoms with Crippen LogP contribution in [-0.2, 0) is 10.0 Å². The highest BCUT2D eigenvalue weighted by Crippen LogP contribution is 2.32. The molecule has 3 rings (SSSR count). The van der Waals surface area contributed by atoms with Crippen molar-refractivity contribution in [3.8, 4) is 0 Å². The molecule has 1 N–H and O–H groups in total. The highest BCUT2D eigenvalue weighted by Gasteiger charge is 2.34. The summed E-state index contributed by atoms with van der Waals surface area (Å²) in [6, 6.07) is 5.60. The molecule has 2 aromatic rings. The average Bonchev–Trinajstić information content (AvgIpc) is 3.03. The second-order valence-electron chi connectivity index (χ2n) is 5.81. The van der Waals surface area contributed by atoms with Crippen LogP contribution in [0.4, 0.5) is 5.69 Å². The molecule has 1 aromatic carbocycles. The van der Waals surface area contributed by atoms with Gasteiger partial charge in [-0.1, -0.05) is 0 Å². The van der Waals surface area contributed by atoms with Crippen LogP contribution in [0.2, 0.25) is 0 Å². The summed E-state index contributed by atoms with van der Waals surface area (Å²) >= 11 is 0.